The zero-order chi connectivity index (χ0) is 16.1. The Morgan fingerprint density at radius 2 is 2.17 bits per heavy atom. The maximum absolute atomic E-state index is 9.71. The molecule has 124 valence electrons. The highest BCUT2D eigenvalue weighted by molar-refractivity contribution is 5.89. The fourth-order valence-corrected chi connectivity index (χ4v) is 3.07. The normalized spacial score (nSPS) is 19.0. The molecule has 0 radical (unpaired) electrons. The van der Waals surface area contributed by atoms with Crippen molar-refractivity contribution >= 4 is 22.7 Å². The molecule has 1 aromatic carbocycles. The van der Waals surface area contributed by atoms with Gasteiger partial charge in [-0.3, -0.25) is 0 Å². The summed E-state index contributed by atoms with van der Waals surface area (Å²) in [5.74, 6) is 1.50. The molecule has 0 saturated carbocycles. The molecule has 1 saturated heterocycles. The molecule has 1 unspecified atom stereocenters. The first-order chi connectivity index (χ1) is 11.3. The molecule has 1 aliphatic rings. The molecular formula is C17H25N5O. The Morgan fingerprint density at radius 1 is 1.30 bits per heavy atom. The smallest absolute Gasteiger partial charge is 0.224 e. The van der Waals surface area contributed by atoms with Crippen LogP contribution < -0.4 is 10.6 Å². The van der Waals surface area contributed by atoms with Gasteiger partial charge in [0.1, 0.15) is 5.82 Å². The summed E-state index contributed by atoms with van der Waals surface area (Å²) in [6, 6.07) is 8.03. The summed E-state index contributed by atoms with van der Waals surface area (Å²) in [6.07, 6.45) is 2.91. The van der Waals surface area contributed by atoms with E-state index in [-0.39, 0.29) is 6.10 Å². The van der Waals surface area contributed by atoms with Crippen LogP contribution in [0.2, 0.25) is 0 Å². The lowest BCUT2D eigenvalue weighted by Crippen LogP contribution is -2.39. The van der Waals surface area contributed by atoms with Crippen LogP contribution in [-0.2, 0) is 0 Å². The van der Waals surface area contributed by atoms with E-state index in [1.807, 2.05) is 31.3 Å². The van der Waals surface area contributed by atoms with Crippen molar-refractivity contribution in [1.82, 2.24) is 14.9 Å². The summed E-state index contributed by atoms with van der Waals surface area (Å²) in [5, 5.41) is 17.2. The predicted octanol–water partition coefficient (Wildman–Crippen LogP) is 1.93. The third-order valence-electron chi connectivity index (χ3n) is 4.25. The van der Waals surface area contributed by atoms with E-state index in [9.17, 15) is 5.11 Å². The van der Waals surface area contributed by atoms with E-state index in [4.69, 9.17) is 0 Å². The molecule has 0 bridgehead atoms. The summed E-state index contributed by atoms with van der Waals surface area (Å²) < 4.78 is 0. The van der Waals surface area contributed by atoms with Crippen LogP contribution in [0.15, 0.2) is 24.3 Å². The molecule has 23 heavy (non-hydrogen) atoms. The average molecular weight is 315 g/mol. The van der Waals surface area contributed by atoms with Crippen LogP contribution >= 0.6 is 0 Å². The van der Waals surface area contributed by atoms with Crippen LogP contribution in [0.3, 0.4) is 0 Å². The Labute approximate surface area is 136 Å². The van der Waals surface area contributed by atoms with Crippen LogP contribution in [0.5, 0.6) is 0 Å². The summed E-state index contributed by atoms with van der Waals surface area (Å²) in [4.78, 5) is 11.3. The number of hydrogen-bond acceptors (Lipinski definition) is 6. The largest absolute Gasteiger partial charge is 0.392 e. The van der Waals surface area contributed by atoms with Crippen molar-refractivity contribution in [2.75, 3.05) is 43.9 Å². The summed E-state index contributed by atoms with van der Waals surface area (Å²) in [6.45, 7) is 3.76. The number of anilines is 2. The maximum Gasteiger partial charge on any atom is 0.224 e. The van der Waals surface area contributed by atoms with E-state index in [1.165, 1.54) is 0 Å². The molecule has 0 amide bonds. The molecule has 6 heteroatoms. The number of benzene rings is 1. The van der Waals surface area contributed by atoms with Crippen molar-refractivity contribution in [2.45, 2.75) is 25.4 Å². The molecule has 1 aliphatic heterocycles. The second-order valence-corrected chi connectivity index (χ2v) is 6.04. The predicted molar refractivity (Wildman–Crippen MR) is 93.9 cm³/mol. The van der Waals surface area contributed by atoms with Gasteiger partial charge in [0.05, 0.1) is 11.6 Å². The van der Waals surface area contributed by atoms with E-state index in [0.717, 1.165) is 62.2 Å². The number of aliphatic hydroxyl groups excluding tert-OH is 1. The Bertz CT molecular complexity index is 648. The zero-order valence-corrected chi connectivity index (χ0v) is 13.6. The Morgan fingerprint density at radius 3 is 3.00 bits per heavy atom. The van der Waals surface area contributed by atoms with Crippen LogP contribution in [0.25, 0.3) is 10.9 Å². The van der Waals surface area contributed by atoms with E-state index >= 15 is 0 Å². The van der Waals surface area contributed by atoms with Gasteiger partial charge >= 0.3 is 0 Å². The number of rotatable bonds is 6. The molecule has 2 heterocycles. The van der Waals surface area contributed by atoms with Crippen LogP contribution in [0, 0.1) is 0 Å². The molecule has 1 atom stereocenters. The lowest BCUT2D eigenvalue weighted by molar-refractivity contribution is 0.0706. The molecule has 0 spiro atoms. The number of aliphatic hydroxyl groups is 1. The first kappa shape index (κ1) is 16.0. The van der Waals surface area contributed by atoms with E-state index in [2.05, 4.69) is 25.5 Å². The van der Waals surface area contributed by atoms with Gasteiger partial charge in [0, 0.05) is 25.5 Å². The number of piperidine rings is 1. The highest BCUT2D eigenvalue weighted by atomic mass is 16.3. The number of aromatic nitrogens is 2. The standard InChI is InChI=1S/C17H25N5O/c1-18-17-20-15-8-3-2-7-14(15)16(21-17)19-9-5-11-22-10-4-6-13(23)12-22/h2-3,7-8,13,23H,4-6,9-12H2,1H3,(H2,18,19,20,21). The molecule has 0 aliphatic carbocycles. The quantitative estimate of drug-likeness (QED) is 0.708. The van der Waals surface area contributed by atoms with E-state index < -0.39 is 0 Å². The third kappa shape index (κ3) is 4.09. The molecule has 2 aromatic rings. The SMILES string of the molecule is CNc1nc(NCCCN2CCCC(O)C2)c2ccccc2n1. The van der Waals surface area contributed by atoms with E-state index in [0.29, 0.717) is 5.95 Å². The highest BCUT2D eigenvalue weighted by Gasteiger charge is 2.16. The number of likely N-dealkylation sites (tertiary alicyclic amines) is 1. The van der Waals surface area contributed by atoms with Gasteiger partial charge in [-0.15, -0.1) is 0 Å². The average Bonchev–Trinajstić information content (AvgIpc) is 2.58. The van der Waals surface area contributed by atoms with Crippen LogP contribution in [0.1, 0.15) is 19.3 Å². The number of nitrogens with zero attached hydrogens (tertiary/aromatic N) is 3. The number of β-amino-alcohol motifs (C(OH)–C–C–N with tert-alkyl or cyclic N) is 1. The minimum absolute atomic E-state index is 0.152. The minimum Gasteiger partial charge on any atom is -0.392 e. The third-order valence-corrected chi connectivity index (χ3v) is 4.25. The molecule has 6 nitrogen and oxygen atoms in total. The van der Waals surface area contributed by atoms with Crippen molar-refractivity contribution < 1.29 is 5.11 Å². The second-order valence-electron chi connectivity index (χ2n) is 6.04. The fourth-order valence-electron chi connectivity index (χ4n) is 3.07. The van der Waals surface area contributed by atoms with Crippen molar-refractivity contribution in [3.8, 4) is 0 Å². The Hall–Kier alpha value is -1.92. The lowest BCUT2D eigenvalue weighted by Gasteiger charge is -2.29. The summed E-state index contributed by atoms with van der Waals surface area (Å²) in [7, 11) is 1.83. The van der Waals surface area contributed by atoms with Gasteiger partial charge in [0.2, 0.25) is 5.95 Å². The van der Waals surface area contributed by atoms with Crippen molar-refractivity contribution in [1.29, 1.82) is 0 Å². The molecule has 3 rings (SSSR count). The maximum atomic E-state index is 9.71. The highest BCUT2D eigenvalue weighted by Crippen LogP contribution is 2.21. The monoisotopic (exact) mass is 315 g/mol. The molecule has 1 aromatic heterocycles. The molecule has 1 fully saturated rings. The molecular weight excluding hydrogens is 290 g/mol. The lowest BCUT2D eigenvalue weighted by atomic mass is 10.1. The number of para-hydroxylation sites is 1. The van der Waals surface area contributed by atoms with Gasteiger partial charge < -0.3 is 20.6 Å². The van der Waals surface area contributed by atoms with Gasteiger partial charge in [0.15, 0.2) is 0 Å². The number of hydrogen-bond donors (Lipinski definition) is 3. The summed E-state index contributed by atoms with van der Waals surface area (Å²) in [5.41, 5.74) is 0.938. The number of nitrogens with one attached hydrogen (secondary N) is 2. The molecule has 3 N–H and O–H groups in total. The van der Waals surface area contributed by atoms with Crippen molar-refractivity contribution in [3.63, 3.8) is 0 Å². The topological polar surface area (TPSA) is 73.3 Å². The first-order valence-electron chi connectivity index (χ1n) is 8.35. The van der Waals surface area contributed by atoms with Gasteiger partial charge in [-0.1, -0.05) is 12.1 Å². The summed E-state index contributed by atoms with van der Waals surface area (Å²) >= 11 is 0. The van der Waals surface area contributed by atoms with Gasteiger partial charge in [-0.25, -0.2) is 4.98 Å². The van der Waals surface area contributed by atoms with Gasteiger partial charge in [0.25, 0.3) is 0 Å². The fraction of sp³-hybridized carbons (Fsp3) is 0.529. The number of fused-ring (bicyclic) bond motifs is 1. The van der Waals surface area contributed by atoms with Gasteiger partial charge in [-0.2, -0.15) is 4.98 Å². The zero-order valence-electron chi connectivity index (χ0n) is 13.6. The first-order valence-corrected chi connectivity index (χ1v) is 8.35. The Kier molecular flexibility index (Phi) is 5.25. The second kappa shape index (κ2) is 7.57. The van der Waals surface area contributed by atoms with Gasteiger partial charge in [-0.05, 0) is 44.5 Å². The van der Waals surface area contributed by atoms with Crippen molar-refractivity contribution in [2.24, 2.45) is 0 Å². The minimum atomic E-state index is -0.152. The van der Waals surface area contributed by atoms with E-state index in [1.54, 1.807) is 0 Å². The van der Waals surface area contributed by atoms with Crippen molar-refractivity contribution in [3.05, 3.63) is 24.3 Å². The Balaban J connectivity index is 1.58. The van der Waals surface area contributed by atoms with Crippen LogP contribution in [0.4, 0.5) is 11.8 Å². The van der Waals surface area contributed by atoms with Crippen LogP contribution in [-0.4, -0.2) is 59.3 Å².